The van der Waals surface area contributed by atoms with Crippen LogP contribution in [0.25, 0.3) is 0 Å². The smallest absolute Gasteiger partial charge is 0.340 e. The lowest BCUT2D eigenvalue weighted by molar-refractivity contribution is 0.0697. The summed E-state index contributed by atoms with van der Waals surface area (Å²) in [7, 11) is 0. The van der Waals surface area contributed by atoms with Gasteiger partial charge in [0.25, 0.3) is 5.91 Å². The number of hydrogen-bond acceptors (Lipinski definition) is 6. The van der Waals surface area contributed by atoms with Crippen LogP contribution in [0.4, 0.5) is 5.00 Å². The minimum absolute atomic E-state index is 0.0133. The van der Waals surface area contributed by atoms with Gasteiger partial charge in [0.15, 0.2) is 0 Å². The summed E-state index contributed by atoms with van der Waals surface area (Å²) in [6.07, 6.45) is 0. The van der Waals surface area contributed by atoms with Crippen molar-refractivity contribution in [3.05, 3.63) is 22.9 Å². The van der Waals surface area contributed by atoms with Crippen molar-refractivity contribution in [2.45, 2.75) is 13.8 Å². The molecule has 2 aromatic heterocycles. The van der Waals surface area contributed by atoms with Crippen LogP contribution in [0, 0.1) is 13.8 Å². The molecule has 18 heavy (non-hydrogen) atoms. The van der Waals surface area contributed by atoms with Gasteiger partial charge in [-0.2, -0.15) is 4.37 Å². The Morgan fingerprint density at radius 2 is 2.11 bits per heavy atom. The van der Waals surface area contributed by atoms with E-state index in [4.69, 9.17) is 5.11 Å². The van der Waals surface area contributed by atoms with Crippen LogP contribution in [0.15, 0.2) is 0 Å². The normalized spacial score (nSPS) is 10.3. The van der Waals surface area contributed by atoms with E-state index in [2.05, 4.69) is 24.9 Å². The molecule has 9 heteroatoms. The van der Waals surface area contributed by atoms with Crippen LogP contribution in [0.1, 0.15) is 32.5 Å². The van der Waals surface area contributed by atoms with E-state index in [0.29, 0.717) is 11.5 Å². The van der Waals surface area contributed by atoms with Gasteiger partial charge in [0.1, 0.15) is 16.4 Å². The zero-order valence-corrected chi connectivity index (χ0v) is 10.3. The summed E-state index contributed by atoms with van der Waals surface area (Å²) >= 11 is 0.906. The van der Waals surface area contributed by atoms with Gasteiger partial charge in [-0.1, -0.05) is 0 Å². The Kier molecular flexibility index (Phi) is 3.06. The third-order valence-corrected chi connectivity index (χ3v) is 2.96. The van der Waals surface area contributed by atoms with Crippen LogP contribution in [0.5, 0.6) is 0 Å². The first-order valence-electron chi connectivity index (χ1n) is 4.89. The van der Waals surface area contributed by atoms with E-state index < -0.39 is 11.9 Å². The summed E-state index contributed by atoms with van der Waals surface area (Å²) in [5.41, 5.74) is 0.342. The van der Waals surface area contributed by atoms with Crippen molar-refractivity contribution in [3.63, 3.8) is 0 Å². The van der Waals surface area contributed by atoms with Gasteiger partial charge in [-0.3, -0.25) is 9.89 Å². The number of carbonyl (C=O) groups is 2. The van der Waals surface area contributed by atoms with Crippen molar-refractivity contribution in [2.75, 3.05) is 5.32 Å². The van der Waals surface area contributed by atoms with Crippen molar-refractivity contribution < 1.29 is 14.7 Å². The minimum Gasteiger partial charge on any atom is -0.478 e. The molecule has 2 aromatic rings. The van der Waals surface area contributed by atoms with Gasteiger partial charge in [-0.25, -0.2) is 9.78 Å². The van der Waals surface area contributed by atoms with Gasteiger partial charge in [-0.15, -0.1) is 5.10 Å². The second kappa shape index (κ2) is 4.53. The lowest BCUT2D eigenvalue weighted by Crippen LogP contribution is -2.15. The molecule has 0 atom stereocenters. The maximum absolute atomic E-state index is 11.7. The molecular weight excluding hydrogens is 258 g/mol. The average Bonchev–Trinajstić information content (AvgIpc) is 2.85. The van der Waals surface area contributed by atoms with Gasteiger partial charge in [0.2, 0.25) is 5.82 Å². The SMILES string of the molecule is Cc1nc(C(=O)Nc2snc(C)c2C(=O)O)n[nH]1. The minimum atomic E-state index is -1.14. The predicted octanol–water partition coefficient (Wildman–Crippen LogP) is 0.829. The maximum atomic E-state index is 11.7. The summed E-state index contributed by atoms with van der Waals surface area (Å²) in [5, 5.41) is 17.8. The van der Waals surface area contributed by atoms with E-state index in [-0.39, 0.29) is 16.4 Å². The molecule has 0 radical (unpaired) electrons. The molecule has 0 aromatic carbocycles. The molecule has 0 fully saturated rings. The van der Waals surface area contributed by atoms with Crippen molar-refractivity contribution in [1.29, 1.82) is 0 Å². The molecule has 3 N–H and O–H groups in total. The fourth-order valence-electron chi connectivity index (χ4n) is 1.31. The highest BCUT2D eigenvalue weighted by Gasteiger charge is 2.21. The third kappa shape index (κ3) is 2.20. The first-order chi connectivity index (χ1) is 8.49. The number of aromatic amines is 1. The van der Waals surface area contributed by atoms with Crippen LogP contribution in [0.3, 0.4) is 0 Å². The van der Waals surface area contributed by atoms with Gasteiger partial charge < -0.3 is 10.4 Å². The molecule has 1 amide bonds. The predicted molar refractivity (Wildman–Crippen MR) is 62.9 cm³/mol. The zero-order chi connectivity index (χ0) is 13.3. The van der Waals surface area contributed by atoms with E-state index in [9.17, 15) is 9.59 Å². The number of aryl methyl sites for hydroxylation is 2. The number of anilines is 1. The largest absolute Gasteiger partial charge is 0.478 e. The lowest BCUT2D eigenvalue weighted by atomic mass is 10.2. The molecule has 2 rings (SSSR count). The van der Waals surface area contributed by atoms with Crippen LogP contribution in [-0.2, 0) is 0 Å². The molecule has 8 nitrogen and oxygen atoms in total. The van der Waals surface area contributed by atoms with Gasteiger partial charge in [0, 0.05) is 0 Å². The Morgan fingerprint density at radius 1 is 1.39 bits per heavy atom. The molecule has 0 spiro atoms. The van der Waals surface area contributed by atoms with E-state index >= 15 is 0 Å². The summed E-state index contributed by atoms with van der Waals surface area (Å²) in [6, 6.07) is 0. The molecule has 0 aliphatic rings. The number of aromatic nitrogens is 4. The van der Waals surface area contributed by atoms with E-state index in [1.54, 1.807) is 13.8 Å². The number of carboxylic acid groups (broad SMARTS) is 1. The standard InChI is InChI=1S/C9H9N5O3S/c1-3-5(9(16)17)8(18-14-3)11-7(15)6-10-4(2)12-13-6/h1-2H3,(H,11,15)(H,16,17)(H,10,12,13). The topological polar surface area (TPSA) is 121 Å². The first kappa shape index (κ1) is 12.2. The van der Waals surface area contributed by atoms with Crippen molar-refractivity contribution in [3.8, 4) is 0 Å². The highest BCUT2D eigenvalue weighted by atomic mass is 32.1. The summed E-state index contributed by atoms with van der Waals surface area (Å²) in [6.45, 7) is 3.22. The van der Waals surface area contributed by atoms with Gasteiger partial charge in [0.05, 0.1) is 5.69 Å². The second-order valence-corrected chi connectivity index (χ2v) is 4.25. The number of aromatic carboxylic acids is 1. The summed E-state index contributed by atoms with van der Waals surface area (Å²) in [5.74, 6) is -1.26. The highest BCUT2D eigenvalue weighted by Crippen LogP contribution is 2.24. The Labute approximate surface area is 105 Å². The average molecular weight is 267 g/mol. The maximum Gasteiger partial charge on any atom is 0.340 e. The second-order valence-electron chi connectivity index (χ2n) is 3.48. The number of carboxylic acids is 1. The van der Waals surface area contributed by atoms with Crippen LogP contribution in [0.2, 0.25) is 0 Å². The molecular formula is C9H9N5O3S. The molecule has 94 valence electrons. The number of H-pyrrole nitrogens is 1. The van der Waals surface area contributed by atoms with Crippen LogP contribution >= 0.6 is 11.5 Å². The van der Waals surface area contributed by atoms with Crippen LogP contribution < -0.4 is 5.32 Å². The van der Waals surface area contributed by atoms with Crippen molar-refractivity contribution in [1.82, 2.24) is 19.6 Å². The van der Waals surface area contributed by atoms with Crippen molar-refractivity contribution >= 4 is 28.4 Å². The molecule has 2 heterocycles. The molecule has 0 bridgehead atoms. The number of rotatable bonds is 3. The lowest BCUT2D eigenvalue weighted by Gasteiger charge is -2.00. The van der Waals surface area contributed by atoms with Crippen molar-refractivity contribution in [2.24, 2.45) is 0 Å². The Hall–Kier alpha value is -2.29. The molecule has 0 saturated carbocycles. The Balaban J connectivity index is 2.25. The highest BCUT2D eigenvalue weighted by molar-refractivity contribution is 7.11. The van der Waals surface area contributed by atoms with E-state index in [1.807, 2.05) is 0 Å². The fraction of sp³-hybridized carbons (Fsp3) is 0.222. The number of hydrogen-bond donors (Lipinski definition) is 3. The zero-order valence-electron chi connectivity index (χ0n) is 9.51. The summed E-state index contributed by atoms with van der Waals surface area (Å²) < 4.78 is 3.89. The van der Waals surface area contributed by atoms with E-state index in [0.717, 1.165) is 11.5 Å². The van der Waals surface area contributed by atoms with Crippen LogP contribution in [-0.4, -0.2) is 36.5 Å². The summed E-state index contributed by atoms with van der Waals surface area (Å²) in [4.78, 5) is 26.6. The Morgan fingerprint density at radius 3 is 2.67 bits per heavy atom. The molecule has 0 aliphatic carbocycles. The number of carbonyl (C=O) groups excluding carboxylic acids is 1. The molecule has 0 saturated heterocycles. The molecule has 0 aliphatic heterocycles. The quantitative estimate of drug-likeness (QED) is 0.757. The number of nitrogens with zero attached hydrogens (tertiary/aromatic N) is 3. The third-order valence-electron chi connectivity index (χ3n) is 2.10. The fourth-order valence-corrected chi connectivity index (χ4v) is 2.09. The number of amides is 1. The Bertz CT molecular complexity index is 618. The van der Waals surface area contributed by atoms with Gasteiger partial charge in [-0.05, 0) is 25.4 Å². The molecule has 0 unspecified atom stereocenters. The number of nitrogens with one attached hydrogen (secondary N) is 2. The van der Waals surface area contributed by atoms with Gasteiger partial charge >= 0.3 is 5.97 Å². The monoisotopic (exact) mass is 267 g/mol. The van der Waals surface area contributed by atoms with E-state index in [1.165, 1.54) is 0 Å². The first-order valence-corrected chi connectivity index (χ1v) is 5.66.